The lowest BCUT2D eigenvalue weighted by Crippen LogP contribution is -2.32. The number of benzene rings is 2. The number of halogens is 1. The highest BCUT2D eigenvalue weighted by Gasteiger charge is 2.18. The SMILES string of the molecule is Cc1ccc(N(CCCC(=O)N[C@@H](C)c2ccc(F)cc2)S(C)(=O)=O)cc1. The highest BCUT2D eigenvalue weighted by molar-refractivity contribution is 7.92. The molecule has 2 aromatic carbocycles. The Morgan fingerprint density at radius 2 is 1.70 bits per heavy atom. The number of anilines is 1. The van der Waals surface area contributed by atoms with Gasteiger partial charge < -0.3 is 5.32 Å². The predicted molar refractivity (Wildman–Crippen MR) is 106 cm³/mol. The van der Waals surface area contributed by atoms with Crippen molar-refractivity contribution in [2.45, 2.75) is 32.7 Å². The number of hydrogen-bond donors (Lipinski definition) is 1. The van der Waals surface area contributed by atoms with Crippen LogP contribution in [0.15, 0.2) is 48.5 Å². The summed E-state index contributed by atoms with van der Waals surface area (Å²) in [4.78, 5) is 12.2. The summed E-state index contributed by atoms with van der Waals surface area (Å²) in [6.07, 6.45) is 1.75. The van der Waals surface area contributed by atoms with Crippen LogP contribution in [0.4, 0.5) is 10.1 Å². The third-order valence-electron chi connectivity index (χ3n) is 4.23. The van der Waals surface area contributed by atoms with Gasteiger partial charge in [0.2, 0.25) is 15.9 Å². The van der Waals surface area contributed by atoms with Gasteiger partial charge in [0.15, 0.2) is 0 Å². The summed E-state index contributed by atoms with van der Waals surface area (Å²) >= 11 is 0. The van der Waals surface area contributed by atoms with Crippen molar-refractivity contribution in [1.29, 1.82) is 0 Å². The van der Waals surface area contributed by atoms with Gasteiger partial charge in [0.05, 0.1) is 18.0 Å². The molecule has 1 atom stereocenters. The minimum Gasteiger partial charge on any atom is -0.350 e. The minimum atomic E-state index is -3.43. The van der Waals surface area contributed by atoms with Gasteiger partial charge in [-0.25, -0.2) is 12.8 Å². The lowest BCUT2D eigenvalue weighted by atomic mass is 10.1. The van der Waals surface area contributed by atoms with Gasteiger partial charge in [0.1, 0.15) is 5.82 Å². The van der Waals surface area contributed by atoms with Gasteiger partial charge >= 0.3 is 0 Å². The monoisotopic (exact) mass is 392 g/mol. The third-order valence-corrected chi connectivity index (χ3v) is 5.43. The summed E-state index contributed by atoms with van der Waals surface area (Å²) in [5.41, 5.74) is 2.44. The molecule has 2 aromatic rings. The second-order valence-electron chi connectivity index (χ2n) is 6.61. The van der Waals surface area contributed by atoms with Crippen molar-refractivity contribution in [3.8, 4) is 0 Å². The number of carbonyl (C=O) groups excluding carboxylic acids is 1. The van der Waals surface area contributed by atoms with E-state index in [0.717, 1.165) is 17.4 Å². The van der Waals surface area contributed by atoms with E-state index >= 15 is 0 Å². The van der Waals surface area contributed by atoms with E-state index in [4.69, 9.17) is 0 Å². The summed E-state index contributed by atoms with van der Waals surface area (Å²) in [7, 11) is -3.43. The third kappa shape index (κ3) is 6.36. The molecule has 0 aliphatic heterocycles. The summed E-state index contributed by atoms with van der Waals surface area (Å²) in [6.45, 7) is 3.97. The first-order valence-corrected chi connectivity index (χ1v) is 10.6. The molecule has 7 heteroatoms. The molecular weight excluding hydrogens is 367 g/mol. The smallest absolute Gasteiger partial charge is 0.232 e. The largest absolute Gasteiger partial charge is 0.350 e. The highest BCUT2D eigenvalue weighted by atomic mass is 32.2. The Hall–Kier alpha value is -2.41. The fourth-order valence-electron chi connectivity index (χ4n) is 2.73. The van der Waals surface area contributed by atoms with Gasteiger partial charge in [-0.05, 0) is 50.1 Å². The molecule has 0 radical (unpaired) electrons. The van der Waals surface area contributed by atoms with E-state index in [1.54, 1.807) is 24.3 Å². The Kier molecular flexibility index (Phi) is 6.96. The van der Waals surface area contributed by atoms with E-state index in [0.29, 0.717) is 12.1 Å². The molecule has 0 unspecified atom stereocenters. The summed E-state index contributed by atoms with van der Waals surface area (Å²) in [5, 5.41) is 2.85. The standard InChI is InChI=1S/C20H25FN2O3S/c1-15-6-12-19(13-7-15)23(27(3,25)26)14-4-5-20(24)22-16(2)17-8-10-18(21)11-9-17/h6-13,16H,4-5,14H2,1-3H3,(H,22,24)/t16-/m0/s1. The number of nitrogens with one attached hydrogen (secondary N) is 1. The maximum absolute atomic E-state index is 13.0. The normalized spacial score (nSPS) is 12.4. The molecular formula is C20H25FN2O3S. The first-order chi connectivity index (χ1) is 12.7. The molecule has 2 rings (SSSR count). The number of rotatable bonds is 8. The number of hydrogen-bond acceptors (Lipinski definition) is 3. The lowest BCUT2D eigenvalue weighted by molar-refractivity contribution is -0.121. The van der Waals surface area contributed by atoms with Crippen LogP contribution in [-0.2, 0) is 14.8 Å². The van der Waals surface area contributed by atoms with Gasteiger partial charge in [-0.3, -0.25) is 9.10 Å². The number of sulfonamides is 1. The van der Waals surface area contributed by atoms with Crippen molar-refractivity contribution in [3.05, 3.63) is 65.5 Å². The van der Waals surface area contributed by atoms with Crippen molar-refractivity contribution < 1.29 is 17.6 Å². The molecule has 146 valence electrons. The van der Waals surface area contributed by atoms with Crippen molar-refractivity contribution >= 4 is 21.6 Å². The number of carbonyl (C=O) groups is 1. The fourth-order valence-corrected chi connectivity index (χ4v) is 3.69. The molecule has 0 heterocycles. The van der Waals surface area contributed by atoms with Crippen LogP contribution in [0.25, 0.3) is 0 Å². The second-order valence-corrected chi connectivity index (χ2v) is 8.52. The quantitative estimate of drug-likeness (QED) is 0.747. The van der Waals surface area contributed by atoms with Crippen LogP contribution in [0.2, 0.25) is 0 Å². The van der Waals surface area contributed by atoms with Gasteiger partial charge in [0, 0.05) is 13.0 Å². The van der Waals surface area contributed by atoms with Gasteiger partial charge in [-0.15, -0.1) is 0 Å². The Labute approximate surface area is 160 Å². The maximum Gasteiger partial charge on any atom is 0.232 e. The molecule has 0 fully saturated rings. The summed E-state index contributed by atoms with van der Waals surface area (Å²) in [6, 6.07) is 12.9. The molecule has 0 bridgehead atoms. The topological polar surface area (TPSA) is 66.5 Å². The number of nitrogens with zero attached hydrogens (tertiary/aromatic N) is 1. The predicted octanol–water partition coefficient (Wildman–Crippen LogP) is 3.56. The lowest BCUT2D eigenvalue weighted by Gasteiger charge is -2.22. The minimum absolute atomic E-state index is 0.177. The van der Waals surface area contributed by atoms with Crippen molar-refractivity contribution in [2.24, 2.45) is 0 Å². The number of aryl methyl sites for hydroxylation is 1. The Morgan fingerprint density at radius 1 is 1.11 bits per heavy atom. The molecule has 5 nitrogen and oxygen atoms in total. The molecule has 0 aliphatic carbocycles. The highest BCUT2D eigenvalue weighted by Crippen LogP contribution is 2.19. The molecule has 0 spiro atoms. The van der Waals surface area contributed by atoms with E-state index in [1.807, 2.05) is 26.0 Å². The summed E-state index contributed by atoms with van der Waals surface area (Å²) < 4.78 is 38.4. The molecule has 1 N–H and O–H groups in total. The number of amides is 1. The van der Waals surface area contributed by atoms with E-state index in [9.17, 15) is 17.6 Å². The average Bonchev–Trinajstić information content (AvgIpc) is 2.59. The van der Waals surface area contributed by atoms with Crippen LogP contribution in [0.5, 0.6) is 0 Å². The molecule has 27 heavy (non-hydrogen) atoms. The van der Waals surface area contributed by atoms with Crippen molar-refractivity contribution in [3.63, 3.8) is 0 Å². The molecule has 0 aromatic heterocycles. The Morgan fingerprint density at radius 3 is 2.26 bits per heavy atom. The van der Waals surface area contributed by atoms with Crippen LogP contribution in [0.3, 0.4) is 0 Å². The van der Waals surface area contributed by atoms with Crippen LogP contribution < -0.4 is 9.62 Å². The van der Waals surface area contributed by atoms with Crippen LogP contribution in [-0.4, -0.2) is 27.1 Å². The van der Waals surface area contributed by atoms with Gasteiger partial charge in [-0.1, -0.05) is 29.8 Å². The zero-order valence-electron chi connectivity index (χ0n) is 15.8. The van der Waals surface area contributed by atoms with Crippen molar-refractivity contribution in [2.75, 3.05) is 17.1 Å². The first-order valence-electron chi connectivity index (χ1n) is 8.76. The second kappa shape index (κ2) is 8.99. The Bertz CT molecular complexity index is 865. The van der Waals surface area contributed by atoms with E-state index in [2.05, 4.69) is 5.32 Å². The van der Waals surface area contributed by atoms with Crippen LogP contribution in [0, 0.1) is 12.7 Å². The molecule has 0 aliphatic rings. The van der Waals surface area contributed by atoms with Gasteiger partial charge in [-0.2, -0.15) is 0 Å². The Balaban J connectivity index is 1.91. The average molecular weight is 392 g/mol. The van der Waals surface area contributed by atoms with E-state index in [1.165, 1.54) is 16.4 Å². The van der Waals surface area contributed by atoms with Gasteiger partial charge in [0.25, 0.3) is 0 Å². The van der Waals surface area contributed by atoms with Crippen molar-refractivity contribution in [1.82, 2.24) is 5.32 Å². The fraction of sp³-hybridized carbons (Fsp3) is 0.350. The maximum atomic E-state index is 13.0. The molecule has 1 amide bonds. The molecule has 0 saturated carbocycles. The zero-order valence-corrected chi connectivity index (χ0v) is 16.6. The van der Waals surface area contributed by atoms with E-state index < -0.39 is 10.0 Å². The molecule has 0 saturated heterocycles. The first kappa shape index (κ1) is 20.9. The summed E-state index contributed by atoms with van der Waals surface area (Å²) in [5.74, 6) is -0.501. The van der Waals surface area contributed by atoms with Crippen LogP contribution >= 0.6 is 0 Å². The zero-order chi connectivity index (χ0) is 20.0. The van der Waals surface area contributed by atoms with E-state index in [-0.39, 0.29) is 30.7 Å². The van der Waals surface area contributed by atoms with Crippen LogP contribution in [0.1, 0.15) is 36.9 Å².